The average Bonchev–Trinajstić information content (AvgIpc) is 2.52. The maximum absolute atomic E-state index is 11.2. The van der Waals surface area contributed by atoms with Gasteiger partial charge in [0.05, 0.1) is 19.9 Å². The maximum atomic E-state index is 11.2. The smallest absolute Gasteiger partial charge is 0.248 e. The van der Waals surface area contributed by atoms with Crippen LogP contribution in [0.25, 0.3) is 0 Å². The lowest BCUT2D eigenvalue weighted by Crippen LogP contribution is -2.11. The van der Waals surface area contributed by atoms with E-state index in [1.165, 1.54) is 0 Å². The van der Waals surface area contributed by atoms with Crippen LogP contribution >= 0.6 is 0 Å². The maximum Gasteiger partial charge on any atom is 0.248 e. The van der Waals surface area contributed by atoms with Crippen LogP contribution in [0.2, 0.25) is 0 Å². The molecule has 0 aromatic heterocycles. The first kappa shape index (κ1) is 14.7. The second-order valence-corrected chi connectivity index (χ2v) is 4.48. The van der Waals surface area contributed by atoms with E-state index in [9.17, 15) is 4.79 Å². The molecule has 0 aliphatic rings. The molecule has 0 unspecified atom stereocenters. The lowest BCUT2D eigenvalue weighted by molar-refractivity contribution is 0.100. The van der Waals surface area contributed by atoms with Gasteiger partial charge in [-0.25, -0.2) is 0 Å². The molecule has 1 amide bonds. The van der Waals surface area contributed by atoms with Crippen LogP contribution in [0.3, 0.4) is 0 Å². The highest BCUT2D eigenvalue weighted by Crippen LogP contribution is 2.26. The molecule has 0 fully saturated rings. The van der Waals surface area contributed by atoms with Crippen molar-refractivity contribution in [2.75, 3.05) is 19.5 Å². The Bertz CT molecular complexity index is 641. The van der Waals surface area contributed by atoms with Crippen molar-refractivity contribution in [3.63, 3.8) is 0 Å². The molecule has 2 aromatic rings. The van der Waals surface area contributed by atoms with Crippen LogP contribution in [-0.2, 0) is 6.54 Å². The van der Waals surface area contributed by atoms with Gasteiger partial charge in [0, 0.05) is 12.1 Å². The Balaban J connectivity index is 2.17. The van der Waals surface area contributed by atoms with Gasteiger partial charge in [-0.2, -0.15) is 0 Å². The van der Waals surface area contributed by atoms with E-state index in [2.05, 4.69) is 5.32 Å². The van der Waals surface area contributed by atoms with Crippen LogP contribution in [0, 0.1) is 0 Å². The molecule has 0 spiro atoms. The molecule has 0 radical (unpaired) electrons. The molecule has 0 atom stereocenters. The largest absolute Gasteiger partial charge is 0.497 e. The zero-order valence-corrected chi connectivity index (χ0v) is 12.1. The van der Waals surface area contributed by atoms with Crippen LogP contribution in [0.1, 0.15) is 15.9 Å². The number of nitrogens with two attached hydrogens (primary N) is 1. The number of nitrogens with one attached hydrogen (secondary N) is 1. The summed E-state index contributed by atoms with van der Waals surface area (Å²) in [5.41, 5.74) is 7.50. The molecule has 0 saturated carbocycles. The van der Waals surface area contributed by atoms with E-state index in [1.54, 1.807) is 32.4 Å². The van der Waals surface area contributed by atoms with Crippen LogP contribution in [0.4, 0.5) is 5.69 Å². The van der Waals surface area contributed by atoms with Gasteiger partial charge < -0.3 is 20.5 Å². The molecule has 0 aliphatic heterocycles. The van der Waals surface area contributed by atoms with Gasteiger partial charge in [-0.3, -0.25) is 4.79 Å². The number of methoxy groups -OCH3 is 2. The SMILES string of the molecule is COc1cccc(CNc2cc(C(N)=O)ccc2OC)c1. The van der Waals surface area contributed by atoms with Crippen molar-refractivity contribution in [3.05, 3.63) is 53.6 Å². The Morgan fingerprint density at radius 3 is 2.62 bits per heavy atom. The van der Waals surface area contributed by atoms with Crippen molar-refractivity contribution in [2.45, 2.75) is 6.54 Å². The van der Waals surface area contributed by atoms with Crippen LogP contribution in [-0.4, -0.2) is 20.1 Å². The monoisotopic (exact) mass is 286 g/mol. The Hall–Kier alpha value is -2.69. The topological polar surface area (TPSA) is 73.6 Å². The summed E-state index contributed by atoms with van der Waals surface area (Å²) in [5.74, 6) is 0.983. The number of rotatable bonds is 6. The Morgan fingerprint density at radius 1 is 1.14 bits per heavy atom. The van der Waals surface area contributed by atoms with E-state index in [1.807, 2.05) is 24.3 Å². The Kier molecular flexibility index (Phi) is 4.66. The van der Waals surface area contributed by atoms with Gasteiger partial charge in [-0.05, 0) is 35.9 Å². The van der Waals surface area contributed by atoms with E-state index in [4.69, 9.17) is 15.2 Å². The normalized spacial score (nSPS) is 10.0. The molecular weight excluding hydrogens is 268 g/mol. The second kappa shape index (κ2) is 6.65. The third-order valence-electron chi connectivity index (χ3n) is 3.10. The molecule has 21 heavy (non-hydrogen) atoms. The van der Waals surface area contributed by atoms with Gasteiger partial charge in [0.1, 0.15) is 11.5 Å². The predicted molar refractivity (Wildman–Crippen MR) is 81.8 cm³/mol. The fourth-order valence-corrected chi connectivity index (χ4v) is 1.98. The van der Waals surface area contributed by atoms with E-state index >= 15 is 0 Å². The van der Waals surface area contributed by atoms with Gasteiger partial charge in [-0.1, -0.05) is 12.1 Å². The number of anilines is 1. The summed E-state index contributed by atoms with van der Waals surface area (Å²) < 4.78 is 10.5. The molecule has 5 heteroatoms. The minimum Gasteiger partial charge on any atom is -0.497 e. The van der Waals surface area contributed by atoms with Crippen LogP contribution in [0.15, 0.2) is 42.5 Å². The third kappa shape index (κ3) is 3.66. The van der Waals surface area contributed by atoms with E-state index in [0.29, 0.717) is 17.9 Å². The standard InChI is InChI=1S/C16H18N2O3/c1-20-13-5-3-4-11(8-13)10-18-14-9-12(16(17)19)6-7-15(14)21-2/h3-9,18H,10H2,1-2H3,(H2,17,19). The highest BCUT2D eigenvalue weighted by atomic mass is 16.5. The van der Waals surface area contributed by atoms with Crippen molar-refractivity contribution >= 4 is 11.6 Å². The molecular formula is C16H18N2O3. The molecule has 110 valence electrons. The number of primary amides is 1. The summed E-state index contributed by atoms with van der Waals surface area (Å²) in [6.45, 7) is 0.579. The lowest BCUT2D eigenvalue weighted by Gasteiger charge is -2.12. The van der Waals surface area contributed by atoms with Gasteiger partial charge in [0.25, 0.3) is 0 Å². The zero-order chi connectivity index (χ0) is 15.2. The lowest BCUT2D eigenvalue weighted by atomic mass is 10.1. The quantitative estimate of drug-likeness (QED) is 0.855. The zero-order valence-electron chi connectivity index (χ0n) is 12.1. The number of carbonyl (C=O) groups excluding carboxylic acids is 1. The van der Waals surface area contributed by atoms with Gasteiger partial charge >= 0.3 is 0 Å². The molecule has 3 N–H and O–H groups in total. The summed E-state index contributed by atoms with van der Waals surface area (Å²) in [4.78, 5) is 11.2. The van der Waals surface area contributed by atoms with E-state index in [-0.39, 0.29) is 0 Å². The molecule has 0 saturated heterocycles. The van der Waals surface area contributed by atoms with Crippen molar-refractivity contribution in [1.82, 2.24) is 0 Å². The average molecular weight is 286 g/mol. The first-order valence-corrected chi connectivity index (χ1v) is 6.48. The summed E-state index contributed by atoms with van der Waals surface area (Å²) in [6.07, 6.45) is 0. The number of ether oxygens (including phenoxy) is 2. The summed E-state index contributed by atoms with van der Waals surface area (Å²) in [5, 5.41) is 3.24. The predicted octanol–water partition coefficient (Wildman–Crippen LogP) is 2.41. The molecule has 0 heterocycles. The minimum atomic E-state index is -0.470. The number of carbonyl (C=O) groups is 1. The summed E-state index contributed by atoms with van der Waals surface area (Å²) >= 11 is 0. The fraction of sp³-hybridized carbons (Fsp3) is 0.188. The molecule has 0 bridgehead atoms. The van der Waals surface area contributed by atoms with Crippen molar-refractivity contribution in [2.24, 2.45) is 5.73 Å². The first-order valence-electron chi connectivity index (χ1n) is 6.48. The van der Waals surface area contributed by atoms with E-state index < -0.39 is 5.91 Å². The summed E-state index contributed by atoms with van der Waals surface area (Å²) in [7, 11) is 3.21. The highest BCUT2D eigenvalue weighted by molar-refractivity contribution is 5.94. The van der Waals surface area contributed by atoms with Gasteiger partial charge in [0.15, 0.2) is 0 Å². The molecule has 5 nitrogen and oxygen atoms in total. The Morgan fingerprint density at radius 2 is 1.95 bits per heavy atom. The molecule has 2 aromatic carbocycles. The van der Waals surface area contributed by atoms with Crippen LogP contribution in [0.5, 0.6) is 11.5 Å². The minimum absolute atomic E-state index is 0.434. The van der Waals surface area contributed by atoms with Gasteiger partial charge in [0.2, 0.25) is 5.91 Å². The van der Waals surface area contributed by atoms with Crippen molar-refractivity contribution in [1.29, 1.82) is 0 Å². The molecule has 0 aliphatic carbocycles. The van der Waals surface area contributed by atoms with Crippen molar-refractivity contribution in [3.8, 4) is 11.5 Å². The number of hydrogen-bond donors (Lipinski definition) is 2. The van der Waals surface area contributed by atoms with E-state index in [0.717, 1.165) is 17.0 Å². The third-order valence-corrected chi connectivity index (χ3v) is 3.10. The first-order chi connectivity index (χ1) is 10.1. The highest BCUT2D eigenvalue weighted by Gasteiger charge is 2.07. The van der Waals surface area contributed by atoms with Crippen molar-refractivity contribution < 1.29 is 14.3 Å². The number of benzene rings is 2. The number of amides is 1. The second-order valence-electron chi connectivity index (χ2n) is 4.48. The molecule has 2 rings (SSSR count). The fourth-order valence-electron chi connectivity index (χ4n) is 1.98. The van der Waals surface area contributed by atoms with Crippen LogP contribution < -0.4 is 20.5 Å². The van der Waals surface area contributed by atoms with Gasteiger partial charge in [-0.15, -0.1) is 0 Å². The summed E-state index contributed by atoms with van der Waals surface area (Å²) in [6, 6.07) is 12.8. The Labute approximate surface area is 123 Å². The number of hydrogen-bond acceptors (Lipinski definition) is 4.